The first kappa shape index (κ1) is 47.7. The number of alkyl halides is 1. The van der Waals surface area contributed by atoms with E-state index in [1.165, 1.54) is 18.7 Å². The maximum atomic E-state index is 16.1. The first-order valence-electron chi connectivity index (χ1n) is 22.1. The average Bonchev–Trinajstić information content (AvgIpc) is 3.96. The second kappa shape index (κ2) is 19.7. The van der Waals surface area contributed by atoms with E-state index in [1.807, 2.05) is 67.3 Å². The number of H-pyrrole nitrogens is 1. The Labute approximate surface area is 381 Å². The van der Waals surface area contributed by atoms with Gasteiger partial charge in [0.2, 0.25) is 17.7 Å². The van der Waals surface area contributed by atoms with Gasteiger partial charge in [-0.3, -0.25) is 19.3 Å². The van der Waals surface area contributed by atoms with E-state index in [9.17, 15) is 19.5 Å². The van der Waals surface area contributed by atoms with Crippen LogP contribution < -0.4 is 15.4 Å². The third kappa shape index (κ3) is 11.1. The van der Waals surface area contributed by atoms with Gasteiger partial charge in [-0.2, -0.15) is 0 Å². The number of aliphatic hydroxyl groups is 1. The third-order valence-corrected chi connectivity index (χ3v) is 13.0. The molecule has 1 saturated heterocycles. The first-order chi connectivity index (χ1) is 30.8. The van der Waals surface area contributed by atoms with Crippen LogP contribution in [0, 0.1) is 24.0 Å². The van der Waals surface area contributed by atoms with Crippen LogP contribution in [0.1, 0.15) is 88.5 Å². The van der Waals surface area contributed by atoms with Crippen molar-refractivity contribution in [1.29, 1.82) is 0 Å². The molecule has 7 rings (SSSR count). The van der Waals surface area contributed by atoms with Crippen molar-refractivity contribution in [3.05, 3.63) is 106 Å². The van der Waals surface area contributed by atoms with Crippen molar-refractivity contribution in [2.24, 2.45) is 5.41 Å². The Morgan fingerprint density at radius 2 is 1.74 bits per heavy atom. The first-order valence-corrected chi connectivity index (χ1v) is 23.0. The molecule has 4 N–H and O–H groups in total. The van der Waals surface area contributed by atoms with Gasteiger partial charge in [0, 0.05) is 72.8 Å². The number of β-amino-alcohol motifs (C(OH)–C–C–N with tert-alkyl or cyclic N) is 1. The van der Waals surface area contributed by atoms with Gasteiger partial charge in [-0.15, -0.1) is 11.3 Å². The smallest absolute Gasteiger partial charge is 0.246 e. The van der Waals surface area contributed by atoms with Crippen molar-refractivity contribution in [2.45, 2.75) is 110 Å². The van der Waals surface area contributed by atoms with Crippen LogP contribution >= 0.6 is 11.3 Å². The number of nitrogens with zero attached hydrogens (tertiary/aromatic N) is 3. The number of rotatable bonds is 16. The van der Waals surface area contributed by atoms with Gasteiger partial charge >= 0.3 is 0 Å². The predicted octanol–water partition coefficient (Wildman–Crippen LogP) is 7.56. The number of carbonyl (C=O) groups excluding carboxylic acids is 3. The molecule has 16 heteroatoms. The van der Waals surface area contributed by atoms with Gasteiger partial charge in [-0.25, -0.2) is 18.2 Å². The van der Waals surface area contributed by atoms with E-state index in [4.69, 9.17) is 9.47 Å². The molecule has 0 spiro atoms. The molecule has 0 saturated carbocycles. The molecule has 1 fully saturated rings. The van der Waals surface area contributed by atoms with E-state index >= 15 is 13.2 Å². The fraction of sp³-hybridized carbons (Fsp3) is 0.469. The maximum Gasteiger partial charge on any atom is 0.246 e. The summed E-state index contributed by atoms with van der Waals surface area (Å²) in [5.74, 6) is -3.12. The Balaban J connectivity index is 0.910. The summed E-state index contributed by atoms with van der Waals surface area (Å²) in [4.78, 5) is 52.5. The number of hydrogen-bond acceptors (Lipinski definition) is 9. The molecule has 2 aliphatic rings. The number of nitrogens with one attached hydrogen (secondary N) is 3. The molecular formula is C49H59F3N6O6S. The number of carbonyl (C=O) groups is 3. The third-order valence-electron chi connectivity index (χ3n) is 12.0. The summed E-state index contributed by atoms with van der Waals surface area (Å²) < 4.78 is 58.7. The summed E-state index contributed by atoms with van der Waals surface area (Å²) in [7, 11) is 0. The Morgan fingerprint density at radius 3 is 2.40 bits per heavy atom. The molecular weight excluding hydrogens is 858 g/mol. The normalized spacial score (nSPS) is 19.6. The van der Waals surface area contributed by atoms with Gasteiger partial charge in [0.25, 0.3) is 0 Å². The van der Waals surface area contributed by atoms with E-state index in [-0.39, 0.29) is 69.7 Å². The zero-order valence-corrected chi connectivity index (χ0v) is 38.8. The molecule has 3 aromatic carbocycles. The molecule has 2 aliphatic heterocycles. The molecule has 2 aromatic heterocycles. The summed E-state index contributed by atoms with van der Waals surface area (Å²) in [5.41, 5.74) is 4.50. The fourth-order valence-electron chi connectivity index (χ4n) is 8.90. The van der Waals surface area contributed by atoms with Gasteiger partial charge in [0.1, 0.15) is 41.7 Å². The summed E-state index contributed by atoms with van der Waals surface area (Å²) in [6.45, 7) is 12.0. The van der Waals surface area contributed by atoms with Gasteiger partial charge in [-0.05, 0) is 62.3 Å². The molecule has 0 bridgehead atoms. The molecule has 5 atom stereocenters. The van der Waals surface area contributed by atoms with E-state index in [2.05, 4.69) is 20.6 Å². The second-order valence-corrected chi connectivity index (χ2v) is 19.8. The number of likely N-dealkylation sites (tertiary alicyclic amines) is 1. The van der Waals surface area contributed by atoms with Gasteiger partial charge in [0.05, 0.1) is 41.4 Å². The van der Waals surface area contributed by atoms with Crippen molar-refractivity contribution in [1.82, 2.24) is 30.4 Å². The highest BCUT2D eigenvalue weighted by Crippen LogP contribution is 2.44. The Bertz CT molecular complexity index is 2470. The van der Waals surface area contributed by atoms with Crippen LogP contribution in [-0.4, -0.2) is 105 Å². The highest BCUT2D eigenvalue weighted by Gasteiger charge is 2.45. The van der Waals surface area contributed by atoms with Crippen LogP contribution in [0.15, 0.2) is 66.2 Å². The lowest BCUT2D eigenvalue weighted by Gasteiger charge is -2.43. The Kier molecular flexibility index (Phi) is 14.4. The predicted molar refractivity (Wildman–Crippen MR) is 244 cm³/mol. The maximum absolute atomic E-state index is 16.1. The Morgan fingerprint density at radius 1 is 1.03 bits per heavy atom. The average molecular weight is 917 g/mol. The zero-order valence-electron chi connectivity index (χ0n) is 38.0. The van der Waals surface area contributed by atoms with Gasteiger partial charge < -0.3 is 35.1 Å². The standard InChI is InChI=1S/C49H59F3N6O6S/c1-28-19-35-34-11-8-9-12-38(34)55-42(35)43(58(28)26-49(6,7)52)41-36(50)21-33(22-37(41)51)64-18-10-17-63-25-40(60)56-45(48(3,4)5)47(62)57-24-32(59)20-39(57)46(61)53-23-30-13-15-31(16-14-30)44-29(2)54-27-65-44/h8-9,11-16,21-22,27-28,32,39,43,45,55,59H,10,17-20,23-26H2,1-7H3,(H,53,61)(H,56,60)/t28-,32-,39+,43-,45-/m1/s1. The largest absolute Gasteiger partial charge is 0.493 e. The lowest BCUT2D eigenvalue weighted by Crippen LogP contribution is -2.58. The second-order valence-electron chi connectivity index (χ2n) is 18.9. The number of hydrogen-bond donors (Lipinski definition) is 4. The lowest BCUT2D eigenvalue weighted by molar-refractivity contribution is -0.144. The van der Waals surface area contributed by atoms with Crippen LogP contribution in [0.2, 0.25) is 0 Å². The van der Waals surface area contributed by atoms with E-state index in [0.29, 0.717) is 12.1 Å². The zero-order chi connectivity index (χ0) is 46.8. The number of thiazole rings is 1. The molecule has 5 aromatic rings. The monoisotopic (exact) mass is 916 g/mol. The quantitative estimate of drug-likeness (QED) is 0.0742. The summed E-state index contributed by atoms with van der Waals surface area (Å²) in [6, 6.07) is 14.7. The van der Waals surface area contributed by atoms with E-state index in [0.717, 1.165) is 50.3 Å². The minimum Gasteiger partial charge on any atom is -0.493 e. The van der Waals surface area contributed by atoms with Crippen molar-refractivity contribution in [3.8, 4) is 16.2 Å². The lowest BCUT2D eigenvalue weighted by atomic mass is 9.85. The van der Waals surface area contributed by atoms with Crippen molar-refractivity contribution < 1.29 is 42.1 Å². The highest BCUT2D eigenvalue weighted by molar-refractivity contribution is 7.13. The molecule has 0 aliphatic carbocycles. The number of benzene rings is 3. The molecule has 3 amide bonds. The topological polar surface area (TPSA) is 149 Å². The summed E-state index contributed by atoms with van der Waals surface area (Å²) in [5, 5.41) is 17.2. The SMILES string of the molecule is Cc1ncsc1-c1ccc(CNC(=O)[C@@H]2C[C@@H](O)CN2C(=O)[C@@H](NC(=O)COCCCOc2cc(F)c([C@@H]3c4[nH]c5ccccc5c4C[C@@H](C)N3CC(C)(C)F)c(F)c2)C(C)(C)C)cc1. The number of fused-ring (bicyclic) bond motifs is 3. The number of ether oxygens (including phenoxy) is 2. The van der Waals surface area contributed by atoms with Crippen molar-refractivity contribution >= 4 is 40.0 Å². The molecule has 65 heavy (non-hydrogen) atoms. The molecule has 348 valence electrons. The number of aliphatic hydroxyl groups excluding tert-OH is 1. The molecule has 0 unspecified atom stereocenters. The van der Waals surface area contributed by atoms with Crippen molar-refractivity contribution in [2.75, 3.05) is 32.9 Å². The minimum atomic E-state index is -1.63. The number of amides is 3. The number of halogens is 3. The summed E-state index contributed by atoms with van der Waals surface area (Å²) in [6.07, 6.45) is 0.0100. The van der Waals surface area contributed by atoms with Crippen LogP contribution in [0.3, 0.4) is 0 Å². The van der Waals surface area contributed by atoms with Gasteiger partial charge in [0.15, 0.2) is 0 Å². The number of aryl methyl sites for hydroxylation is 1. The molecule has 12 nitrogen and oxygen atoms in total. The van der Waals surface area contributed by atoms with Crippen LogP contribution in [0.25, 0.3) is 21.3 Å². The van der Waals surface area contributed by atoms with Crippen LogP contribution in [0.4, 0.5) is 13.2 Å². The minimum absolute atomic E-state index is 0.0242. The van der Waals surface area contributed by atoms with Gasteiger partial charge in [-0.1, -0.05) is 63.2 Å². The number of aromatic nitrogens is 2. The molecule has 4 heterocycles. The summed E-state index contributed by atoms with van der Waals surface area (Å²) >= 11 is 1.56. The van der Waals surface area contributed by atoms with Crippen LogP contribution in [0.5, 0.6) is 5.75 Å². The fourth-order valence-corrected chi connectivity index (χ4v) is 9.71. The number of para-hydroxylation sites is 1. The Hall–Kier alpha value is -5.29. The number of aromatic amines is 1. The van der Waals surface area contributed by atoms with E-state index < -0.39 is 64.7 Å². The highest BCUT2D eigenvalue weighted by atomic mass is 32.1. The van der Waals surface area contributed by atoms with Crippen molar-refractivity contribution in [3.63, 3.8) is 0 Å². The van der Waals surface area contributed by atoms with E-state index in [1.54, 1.807) is 37.6 Å². The van der Waals surface area contributed by atoms with Crippen LogP contribution in [-0.2, 0) is 32.1 Å². The molecule has 0 radical (unpaired) electrons.